The van der Waals surface area contributed by atoms with Gasteiger partial charge in [0, 0.05) is 17.0 Å². The summed E-state index contributed by atoms with van der Waals surface area (Å²) in [5.41, 5.74) is 7.88. The van der Waals surface area contributed by atoms with Gasteiger partial charge in [-0.3, -0.25) is 4.79 Å². The molecule has 0 aliphatic heterocycles. The van der Waals surface area contributed by atoms with Gasteiger partial charge < -0.3 is 0 Å². The van der Waals surface area contributed by atoms with Gasteiger partial charge in [-0.2, -0.15) is 5.26 Å². The van der Waals surface area contributed by atoms with E-state index in [4.69, 9.17) is 10.8 Å². The topological polar surface area (TPSA) is 92.9 Å². The van der Waals surface area contributed by atoms with Crippen molar-refractivity contribution in [3.8, 4) is 6.19 Å². The number of amides is 1. The van der Waals surface area contributed by atoms with Crippen molar-refractivity contribution in [2.45, 2.75) is 19.4 Å². The number of benzene rings is 1. The molecule has 0 heterocycles. The zero-order valence-corrected chi connectivity index (χ0v) is 10.2. The van der Waals surface area contributed by atoms with E-state index in [1.54, 1.807) is 44.2 Å². The van der Waals surface area contributed by atoms with Crippen molar-refractivity contribution < 1.29 is 4.79 Å². The molecule has 0 fully saturated rings. The van der Waals surface area contributed by atoms with Crippen LogP contribution in [-0.2, 0) is 0 Å². The zero-order chi connectivity index (χ0) is 13.6. The number of nitrogens with zero attached hydrogens (tertiary/aromatic N) is 5. The van der Waals surface area contributed by atoms with Crippen molar-refractivity contribution in [2.75, 3.05) is 6.54 Å². The average molecular weight is 243 g/mol. The van der Waals surface area contributed by atoms with Gasteiger partial charge >= 0.3 is 0 Å². The Labute approximate surface area is 105 Å². The standard InChI is InChI=1S/C12H13N5O/c1-12(2,8-15-16-14)17(9-13)11(18)10-6-4-3-5-7-10/h3-7H,8H2,1-2H3. The third-order valence-corrected chi connectivity index (χ3v) is 2.45. The average Bonchev–Trinajstić information content (AvgIpc) is 2.38. The lowest BCUT2D eigenvalue weighted by Crippen LogP contribution is -2.46. The van der Waals surface area contributed by atoms with Crippen LogP contribution in [0.1, 0.15) is 24.2 Å². The molecule has 92 valence electrons. The van der Waals surface area contributed by atoms with E-state index < -0.39 is 11.4 Å². The molecule has 18 heavy (non-hydrogen) atoms. The highest BCUT2D eigenvalue weighted by molar-refractivity contribution is 5.95. The maximum absolute atomic E-state index is 12.2. The Morgan fingerprint density at radius 3 is 2.61 bits per heavy atom. The molecule has 1 rings (SSSR count). The van der Waals surface area contributed by atoms with Crippen LogP contribution in [-0.4, -0.2) is 22.9 Å². The van der Waals surface area contributed by atoms with Crippen molar-refractivity contribution in [1.29, 1.82) is 5.26 Å². The van der Waals surface area contributed by atoms with Gasteiger partial charge in [0.1, 0.15) is 0 Å². The SMILES string of the molecule is CC(C)(CN=[N+]=[N-])N(C#N)C(=O)c1ccccc1. The number of carbonyl (C=O) groups is 1. The van der Waals surface area contributed by atoms with Crippen LogP contribution in [0, 0.1) is 11.5 Å². The minimum Gasteiger partial charge on any atom is -0.268 e. The van der Waals surface area contributed by atoms with Crippen LogP contribution in [0.25, 0.3) is 10.4 Å². The molecule has 1 amide bonds. The van der Waals surface area contributed by atoms with E-state index in [1.165, 1.54) is 0 Å². The van der Waals surface area contributed by atoms with Gasteiger partial charge in [-0.05, 0) is 31.5 Å². The molecule has 0 spiro atoms. The van der Waals surface area contributed by atoms with Gasteiger partial charge in [-0.15, -0.1) is 0 Å². The largest absolute Gasteiger partial charge is 0.268 e. The third-order valence-electron chi connectivity index (χ3n) is 2.45. The molecule has 1 aromatic carbocycles. The van der Waals surface area contributed by atoms with Crippen LogP contribution < -0.4 is 0 Å². The van der Waals surface area contributed by atoms with Gasteiger partial charge in [0.2, 0.25) is 0 Å². The molecule has 0 bridgehead atoms. The second kappa shape index (κ2) is 5.71. The Bertz CT molecular complexity index is 511. The number of hydrogen-bond donors (Lipinski definition) is 0. The monoisotopic (exact) mass is 243 g/mol. The summed E-state index contributed by atoms with van der Waals surface area (Å²) in [6.07, 6.45) is 1.85. The molecule has 0 unspecified atom stereocenters. The Kier molecular flexibility index (Phi) is 4.30. The molecule has 0 radical (unpaired) electrons. The quantitative estimate of drug-likeness (QED) is 0.267. The van der Waals surface area contributed by atoms with Gasteiger partial charge in [-0.1, -0.05) is 23.3 Å². The molecular formula is C12H13N5O. The summed E-state index contributed by atoms with van der Waals surface area (Å²) in [6, 6.07) is 8.51. The first kappa shape index (κ1) is 13.6. The summed E-state index contributed by atoms with van der Waals surface area (Å²) in [5.74, 6) is -0.406. The predicted molar refractivity (Wildman–Crippen MR) is 66.3 cm³/mol. The van der Waals surface area contributed by atoms with Crippen molar-refractivity contribution >= 4 is 5.91 Å². The summed E-state index contributed by atoms with van der Waals surface area (Å²) in [6.45, 7) is 3.38. The highest BCUT2D eigenvalue weighted by Crippen LogP contribution is 2.17. The van der Waals surface area contributed by atoms with Crippen molar-refractivity contribution in [1.82, 2.24) is 4.90 Å². The predicted octanol–water partition coefficient (Wildman–Crippen LogP) is 2.70. The maximum Gasteiger partial charge on any atom is 0.267 e. The number of azide groups is 1. The zero-order valence-electron chi connectivity index (χ0n) is 10.2. The van der Waals surface area contributed by atoms with E-state index in [1.807, 2.05) is 6.19 Å². The lowest BCUT2D eigenvalue weighted by Gasteiger charge is -2.31. The first-order chi connectivity index (χ1) is 8.53. The van der Waals surface area contributed by atoms with Crippen molar-refractivity contribution in [3.63, 3.8) is 0 Å². The van der Waals surface area contributed by atoms with E-state index in [-0.39, 0.29) is 6.54 Å². The lowest BCUT2D eigenvalue weighted by atomic mass is 10.0. The Hall–Kier alpha value is -2.51. The molecule has 0 aliphatic carbocycles. The molecule has 0 atom stereocenters. The van der Waals surface area contributed by atoms with E-state index >= 15 is 0 Å². The lowest BCUT2D eigenvalue weighted by molar-refractivity contribution is 0.0711. The summed E-state index contributed by atoms with van der Waals surface area (Å²) in [5, 5.41) is 12.5. The number of hydrogen-bond acceptors (Lipinski definition) is 3. The number of rotatable bonds is 4. The molecule has 0 aliphatic rings. The van der Waals surface area contributed by atoms with E-state index in [2.05, 4.69) is 10.0 Å². The van der Waals surface area contributed by atoms with Crippen LogP contribution in [0.4, 0.5) is 0 Å². The number of carbonyl (C=O) groups excluding carboxylic acids is 1. The molecule has 0 saturated heterocycles. The fourth-order valence-corrected chi connectivity index (χ4v) is 1.44. The third kappa shape index (κ3) is 3.00. The molecule has 0 N–H and O–H groups in total. The van der Waals surface area contributed by atoms with Crippen LogP contribution in [0.15, 0.2) is 35.4 Å². The fourth-order valence-electron chi connectivity index (χ4n) is 1.44. The van der Waals surface area contributed by atoms with Crippen LogP contribution >= 0.6 is 0 Å². The fraction of sp³-hybridized carbons (Fsp3) is 0.333. The van der Waals surface area contributed by atoms with Gasteiger partial charge in [0.05, 0.1) is 5.54 Å². The molecule has 6 heteroatoms. The van der Waals surface area contributed by atoms with Crippen LogP contribution in [0.5, 0.6) is 0 Å². The maximum atomic E-state index is 12.2. The van der Waals surface area contributed by atoms with E-state index in [9.17, 15) is 4.79 Å². The Morgan fingerprint density at radius 2 is 2.11 bits per heavy atom. The van der Waals surface area contributed by atoms with E-state index in [0.29, 0.717) is 5.56 Å². The molecular weight excluding hydrogens is 230 g/mol. The smallest absolute Gasteiger partial charge is 0.267 e. The minimum atomic E-state index is -0.853. The molecule has 0 saturated carbocycles. The normalized spacial score (nSPS) is 10.1. The summed E-state index contributed by atoms with van der Waals surface area (Å²) >= 11 is 0. The Morgan fingerprint density at radius 1 is 1.50 bits per heavy atom. The molecule has 6 nitrogen and oxygen atoms in total. The summed E-state index contributed by atoms with van der Waals surface area (Å²) < 4.78 is 0. The van der Waals surface area contributed by atoms with Gasteiger partial charge in [-0.25, -0.2) is 4.90 Å². The summed E-state index contributed by atoms with van der Waals surface area (Å²) in [7, 11) is 0. The van der Waals surface area contributed by atoms with Gasteiger partial charge in [0.15, 0.2) is 6.19 Å². The van der Waals surface area contributed by atoms with Crippen LogP contribution in [0.3, 0.4) is 0 Å². The highest BCUT2D eigenvalue weighted by Gasteiger charge is 2.31. The number of nitriles is 1. The van der Waals surface area contributed by atoms with Crippen molar-refractivity contribution in [3.05, 3.63) is 46.3 Å². The van der Waals surface area contributed by atoms with E-state index in [0.717, 1.165) is 4.90 Å². The van der Waals surface area contributed by atoms with Crippen LogP contribution in [0.2, 0.25) is 0 Å². The molecule has 1 aromatic rings. The first-order valence-electron chi connectivity index (χ1n) is 5.33. The minimum absolute atomic E-state index is 0.0373. The van der Waals surface area contributed by atoms with Crippen molar-refractivity contribution in [2.24, 2.45) is 5.11 Å². The first-order valence-corrected chi connectivity index (χ1v) is 5.33. The highest BCUT2D eigenvalue weighted by atomic mass is 16.2. The summed E-state index contributed by atoms with van der Waals surface area (Å²) in [4.78, 5) is 15.8. The molecule has 0 aromatic heterocycles. The Balaban J connectivity index is 3.01. The second-order valence-electron chi connectivity index (χ2n) is 4.31. The second-order valence-corrected chi connectivity index (χ2v) is 4.31. The van der Waals surface area contributed by atoms with Gasteiger partial charge in [0.25, 0.3) is 5.91 Å².